The van der Waals surface area contributed by atoms with Gasteiger partial charge in [0.15, 0.2) is 11.6 Å². The van der Waals surface area contributed by atoms with Gasteiger partial charge >= 0.3 is 0 Å². The van der Waals surface area contributed by atoms with Crippen LogP contribution in [0.1, 0.15) is 24.6 Å². The highest BCUT2D eigenvalue weighted by molar-refractivity contribution is 5.91. The van der Waals surface area contributed by atoms with E-state index in [-0.39, 0.29) is 30.2 Å². The van der Waals surface area contributed by atoms with E-state index in [1.807, 2.05) is 37.3 Å². The lowest BCUT2D eigenvalue weighted by Crippen LogP contribution is -2.13. The lowest BCUT2D eigenvalue weighted by Gasteiger charge is -2.12. The standard InChI is InChI=1S/C26H22F3N3O2/c1-2-22-19(13-15-25(33)30-23-11-7-6-10-20(23)28)26(32(31-22)18-8-4-3-5-9-18)34-24-14-12-17(27)16-21(24)29/h3-12,14,16H,2,13,15H2,1H3,(H,30,33). The number of aryl methyl sites for hydroxylation is 1. The van der Waals surface area contributed by atoms with Crippen LogP contribution in [0.3, 0.4) is 0 Å². The molecule has 0 fully saturated rings. The van der Waals surface area contributed by atoms with Crippen LogP contribution in [0.25, 0.3) is 5.69 Å². The van der Waals surface area contributed by atoms with Crippen LogP contribution in [0.2, 0.25) is 0 Å². The number of amides is 1. The third kappa shape index (κ3) is 5.11. The van der Waals surface area contributed by atoms with Gasteiger partial charge in [-0.2, -0.15) is 5.10 Å². The molecule has 0 radical (unpaired) electrons. The smallest absolute Gasteiger partial charge is 0.226 e. The van der Waals surface area contributed by atoms with Gasteiger partial charge in [0.25, 0.3) is 0 Å². The summed E-state index contributed by atoms with van der Waals surface area (Å²) in [5.74, 6) is -2.44. The Kier molecular flexibility index (Phi) is 6.96. The molecule has 1 amide bonds. The summed E-state index contributed by atoms with van der Waals surface area (Å²) < 4.78 is 49.1. The van der Waals surface area contributed by atoms with E-state index in [9.17, 15) is 18.0 Å². The summed E-state index contributed by atoms with van der Waals surface area (Å²) in [4.78, 5) is 12.5. The first-order valence-electron chi connectivity index (χ1n) is 10.8. The number of aromatic nitrogens is 2. The summed E-state index contributed by atoms with van der Waals surface area (Å²) in [6.07, 6.45) is 0.769. The van der Waals surface area contributed by atoms with Crippen molar-refractivity contribution in [3.05, 3.63) is 102 Å². The first-order valence-corrected chi connectivity index (χ1v) is 10.8. The zero-order chi connectivity index (χ0) is 24.1. The molecule has 1 N–H and O–H groups in total. The maximum Gasteiger partial charge on any atom is 0.226 e. The number of halogens is 3. The largest absolute Gasteiger partial charge is 0.436 e. The van der Waals surface area contributed by atoms with Gasteiger partial charge in [0.1, 0.15) is 11.6 Å². The van der Waals surface area contributed by atoms with Gasteiger partial charge in [-0.1, -0.05) is 37.3 Å². The van der Waals surface area contributed by atoms with E-state index in [0.717, 1.165) is 12.1 Å². The monoisotopic (exact) mass is 465 g/mol. The molecular formula is C26H22F3N3O2. The minimum Gasteiger partial charge on any atom is -0.436 e. The van der Waals surface area contributed by atoms with Crippen LogP contribution < -0.4 is 10.1 Å². The highest BCUT2D eigenvalue weighted by atomic mass is 19.1. The van der Waals surface area contributed by atoms with E-state index in [4.69, 9.17) is 4.74 Å². The lowest BCUT2D eigenvalue weighted by molar-refractivity contribution is -0.116. The van der Waals surface area contributed by atoms with Gasteiger partial charge in [0, 0.05) is 18.1 Å². The molecule has 1 heterocycles. The molecule has 174 valence electrons. The van der Waals surface area contributed by atoms with Gasteiger partial charge in [-0.3, -0.25) is 4.79 Å². The third-order valence-corrected chi connectivity index (χ3v) is 5.21. The first-order chi connectivity index (χ1) is 16.5. The molecule has 0 aliphatic heterocycles. The number of nitrogens with zero attached hydrogens (tertiary/aromatic N) is 2. The fourth-order valence-electron chi connectivity index (χ4n) is 3.54. The van der Waals surface area contributed by atoms with E-state index in [1.165, 1.54) is 28.9 Å². The van der Waals surface area contributed by atoms with E-state index < -0.39 is 23.4 Å². The van der Waals surface area contributed by atoms with Crippen molar-refractivity contribution < 1.29 is 22.7 Å². The number of hydrogen-bond acceptors (Lipinski definition) is 3. The molecule has 0 unspecified atom stereocenters. The Morgan fingerprint density at radius 3 is 2.41 bits per heavy atom. The van der Waals surface area contributed by atoms with Gasteiger partial charge in [-0.25, -0.2) is 17.9 Å². The van der Waals surface area contributed by atoms with Gasteiger partial charge in [0.05, 0.1) is 17.1 Å². The lowest BCUT2D eigenvalue weighted by atomic mass is 10.1. The Hall–Kier alpha value is -4.07. The number of ether oxygens (including phenoxy) is 1. The molecular weight excluding hydrogens is 443 g/mol. The van der Waals surface area contributed by atoms with Gasteiger partial charge in [0.2, 0.25) is 11.8 Å². The highest BCUT2D eigenvalue weighted by Crippen LogP contribution is 2.33. The minimum absolute atomic E-state index is 0.0179. The summed E-state index contributed by atoms with van der Waals surface area (Å²) >= 11 is 0. The molecule has 4 rings (SSSR count). The topological polar surface area (TPSA) is 56.2 Å². The van der Waals surface area contributed by atoms with Gasteiger partial charge in [-0.05, 0) is 49.2 Å². The number of carbonyl (C=O) groups excluding carboxylic acids is 1. The summed E-state index contributed by atoms with van der Waals surface area (Å²) in [6, 6.07) is 18.1. The zero-order valence-electron chi connectivity index (χ0n) is 18.4. The predicted molar refractivity (Wildman–Crippen MR) is 123 cm³/mol. The number of hydrogen-bond donors (Lipinski definition) is 1. The van der Waals surface area contributed by atoms with Crippen molar-refractivity contribution in [2.45, 2.75) is 26.2 Å². The second-order valence-corrected chi connectivity index (χ2v) is 7.54. The van der Waals surface area contributed by atoms with E-state index >= 15 is 0 Å². The fraction of sp³-hybridized carbons (Fsp3) is 0.154. The van der Waals surface area contributed by atoms with E-state index in [1.54, 1.807) is 6.07 Å². The van der Waals surface area contributed by atoms with Crippen LogP contribution in [0.15, 0.2) is 72.8 Å². The molecule has 0 saturated carbocycles. The Balaban J connectivity index is 1.67. The van der Waals surface area contributed by atoms with Crippen molar-refractivity contribution in [3.63, 3.8) is 0 Å². The summed E-state index contributed by atoms with van der Waals surface area (Å²) in [7, 11) is 0. The molecule has 0 aliphatic carbocycles. The van der Waals surface area contributed by atoms with Crippen LogP contribution in [-0.2, 0) is 17.6 Å². The second-order valence-electron chi connectivity index (χ2n) is 7.54. The average molecular weight is 465 g/mol. The van der Waals surface area contributed by atoms with Crippen LogP contribution in [0.5, 0.6) is 11.6 Å². The second kappa shape index (κ2) is 10.2. The Bertz CT molecular complexity index is 1310. The molecule has 1 aromatic heterocycles. The predicted octanol–water partition coefficient (Wildman–Crippen LogP) is 6.22. The van der Waals surface area contributed by atoms with Crippen molar-refractivity contribution in [1.29, 1.82) is 0 Å². The molecule has 0 atom stereocenters. The average Bonchev–Trinajstić information content (AvgIpc) is 3.19. The number of anilines is 1. The molecule has 0 saturated heterocycles. The number of rotatable bonds is 8. The SMILES string of the molecule is CCc1nn(-c2ccccc2)c(Oc2ccc(F)cc2F)c1CCC(=O)Nc1ccccc1F. The highest BCUT2D eigenvalue weighted by Gasteiger charge is 2.22. The third-order valence-electron chi connectivity index (χ3n) is 5.21. The van der Waals surface area contributed by atoms with Gasteiger partial charge in [-0.15, -0.1) is 0 Å². The molecule has 3 aromatic carbocycles. The maximum atomic E-state index is 14.4. The number of benzene rings is 3. The molecule has 5 nitrogen and oxygen atoms in total. The van der Waals surface area contributed by atoms with Crippen molar-refractivity contribution in [3.8, 4) is 17.3 Å². The molecule has 4 aromatic rings. The van der Waals surface area contributed by atoms with Crippen molar-refractivity contribution in [1.82, 2.24) is 9.78 Å². The molecule has 0 aliphatic rings. The normalized spacial score (nSPS) is 10.8. The summed E-state index contributed by atoms with van der Waals surface area (Å²) in [5, 5.41) is 7.18. The minimum atomic E-state index is -0.859. The molecule has 0 spiro atoms. The van der Waals surface area contributed by atoms with E-state index in [2.05, 4.69) is 10.4 Å². The summed E-state index contributed by atoms with van der Waals surface area (Å²) in [6.45, 7) is 1.91. The quantitative estimate of drug-likeness (QED) is 0.336. The Labute approximate surface area is 194 Å². The van der Waals surface area contributed by atoms with Crippen LogP contribution >= 0.6 is 0 Å². The molecule has 0 bridgehead atoms. The zero-order valence-corrected chi connectivity index (χ0v) is 18.4. The maximum absolute atomic E-state index is 14.4. The van der Waals surface area contributed by atoms with Crippen molar-refractivity contribution in [2.24, 2.45) is 0 Å². The van der Waals surface area contributed by atoms with Crippen molar-refractivity contribution >= 4 is 11.6 Å². The Morgan fingerprint density at radius 2 is 1.71 bits per heavy atom. The van der Waals surface area contributed by atoms with Gasteiger partial charge < -0.3 is 10.1 Å². The van der Waals surface area contributed by atoms with Crippen LogP contribution in [0, 0.1) is 17.5 Å². The fourth-order valence-corrected chi connectivity index (χ4v) is 3.54. The summed E-state index contributed by atoms with van der Waals surface area (Å²) in [5.41, 5.74) is 2.05. The number of nitrogens with one attached hydrogen (secondary N) is 1. The Morgan fingerprint density at radius 1 is 0.971 bits per heavy atom. The molecule has 34 heavy (non-hydrogen) atoms. The van der Waals surface area contributed by atoms with Crippen LogP contribution in [-0.4, -0.2) is 15.7 Å². The number of para-hydroxylation sites is 2. The number of carbonyl (C=O) groups is 1. The van der Waals surface area contributed by atoms with Crippen molar-refractivity contribution in [2.75, 3.05) is 5.32 Å². The first kappa shape index (κ1) is 23.1. The van der Waals surface area contributed by atoms with Crippen LogP contribution in [0.4, 0.5) is 18.9 Å². The molecule has 8 heteroatoms. The van der Waals surface area contributed by atoms with E-state index in [0.29, 0.717) is 23.4 Å².